The SMILES string of the molecule is CC(C)C[C@H]1[C@H]([C@@H]2O[C@H](O)[C@H]3[C@H](CC(C)C)N32)N1C(=O)OC(C)(C)C. The van der Waals surface area contributed by atoms with Crippen LogP contribution in [0.4, 0.5) is 4.79 Å². The number of fused-ring (bicyclic) bond motifs is 1. The van der Waals surface area contributed by atoms with Gasteiger partial charge >= 0.3 is 6.09 Å². The Morgan fingerprint density at radius 1 is 1.08 bits per heavy atom. The summed E-state index contributed by atoms with van der Waals surface area (Å²) in [6.07, 6.45) is 0.754. The molecule has 0 aliphatic carbocycles. The number of hydrogen-bond donors (Lipinski definition) is 1. The quantitative estimate of drug-likeness (QED) is 0.769. The van der Waals surface area contributed by atoms with Gasteiger partial charge in [-0.1, -0.05) is 27.7 Å². The van der Waals surface area contributed by atoms with Gasteiger partial charge in [0.05, 0.1) is 18.1 Å². The molecule has 0 aromatic rings. The molecule has 144 valence electrons. The van der Waals surface area contributed by atoms with Crippen LogP contribution in [-0.4, -0.2) is 63.3 Å². The third-order valence-corrected chi connectivity index (χ3v) is 5.20. The second-order valence-electron chi connectivity index (χ2n) is 9.63. The van der Waals surface area contributed by atoms with Crippen molar-refractivity contribution in [1.82, 2.24) is 9.80 Å². The Labute approximate surface area is 151 Å². The van der Waals surface area contributed by atoms with Gasteiger partial charge < -0.3 is 14.6 Å². The predicted molar refractivity (Wildman–Crippen MR) is 94.9 cm³/mol. The lowest BCUT2D eigenvalue weighted by molar-refractivity contribution is -0.121. The largest absolute Gasteiger partial charge is 0.444 e. The molecule has 3 heterocycles. The number of hydrogen-bond acceptors (Lipinski definition) is 5. The van der Waals surface area contributed by atoms with Gasteiger partial charge in [0, 0.05) is 6.04 Å². The highest BCUT2D eigenvalue weighted by atomic mass is 16.6. The minimum atomic E-state index is -0.741. The fourth-order valence-electron chi connectivity index (χ4n) is 4.25. The Kier molecular flexibility index (Phi) is 4.84. The van der Waals surface area contributed by atoms with E-state index in [1.807, 2.05) is 25.7 Å². The first-order valence-corrected chi connectivity index (χ1v) is 9.63. The minimum Gasteiger partial charge on any atom is -0.444 e. The lowest BCUT2D eigenvalue weighted by atomic mass is 10.0. The molecule has 3 saturated heterocycles. The van der Waals surface area contributed by atoms with Crippen LogP contribution >= 0.6 is 0 Å². The fraction of sp³-hybridized carbons (Fsp3) is 0.947. The molecule has 3 fully saturated rings. The Balaban J connectivity index is 1.70. The van der Waals surface area contributed by atoms with Crippen molar-refractivity contribution < 1.29 is 19.4 Å². The van der Waals surface area contributed by atoms with Gasteiger partial charge in [0.1, 0.15) is 11.8 Å². The third-order valence-electron chi connectivity index (χ3n) is 5.20. The van der Waals surface area contributed by atoms with Crippen LogP contribution < -0.4 is 0 Å². The summed E-state index contributed by atoms with van der Waals surface area (Å²) in [5.41, 5.74) is -0.509. The van der Waals surface area contributed by atoms with Crippen LogP contribution in [0.25, 0.3) is 0 Å². The molecule has 3 rings (SSSR count). The number of aliphatic hydroxyl groups is 1. The molecule has 0 bridgehead atoms. The molecule has 0 saturated carbocycles. The summed E-state index contributed by atoms with van der Waals surface area (Å²) in [6, 6.07) is 0.572. The molecule has 0 spiro atoms. The van der Waals surface area contributed by atoms with Crippen LogP contribution in [0.3, 0.4) is 0 Å². The zero-order valence-electron chi connectivity index (χ0n) is 16.6. The number of carbonyl (C=O) groups excluding carboxylic acids is 1. The number of amides is 1. The highest BCUT2D eigenvalue weighted by molar-refractivity contribution is 5.72. The zero-order valence-corrected chi connectivity index (χ0v) is 16.6. The maximum absolute atomic E-state index is 12.6. The zero-order chi connectivity index (χ0) is 18.7. The van der Waals surface area contributed by atoms with Crippen molar-refractivity contribution in [1.29, 1.82) is 0 Å². The Bertz CT molecular complexity index is 516. The molecule has 0 radical (unpaired) electrons. The van der Waals surface area contributed by atoms with E-state index in [-0.39, 0.29) is 30.4 Å². The van der Waals surface area contributed by atoms with Crippen molar-refractivity contribution in [2.24, 2.45) is 11.8 Å². The topological polar surface area (TPSA) is 61.8 Å². The maximum Gasteiger partial charge on any atom is 0.411 e. The van der Waals surface area contributed by atoms with Crippen LogP contribution in [0, 0.1) is 11.8 Å². The lowest BCUT2D eigenvalue weighted by Gasteiger charge is -2.22. The highest BCUT2D eigenvalue weighted by Crippen LogP contribution is 2.51. The number of carbonyl (C=O) groups is 1. The molecule has 0 aromatic carbocycles. The van der Waals surface area contributed by atoms with Crippen LogP contribution in [0.2, 0.25) is 0 Å². The summed E-state index contributed by atoms with van der Waals surface area (Å²) >= 11 is 0. The van der Waals surface area contributed by atoms with E-state index in [2.05, 4.69) is 32.6 Å². The van der Waals surface area contributed by atoms with Gasteiger partial charge in [0.15, 0.2) is 6.29 Å². The Morgan fingerprint density at radius 2 is 1.64 bits per heavy atom. The van der Waals surface area contributed by atoms with Crippen molar-refractivity contribution in [2.45, 2.75) is 104 Å². The van der Waals surface area contributed by atoms with Gasteiger partial charge in [-0.2, -0.15) is 0 Å². The van der Waals surface area contributed by atoms with Crippen LogP contribution in [0.1, 0.15) is 61.3 Å². The van der Waals surface area contributed by atoms with Crippen molar-refractivity contribution in [3.8, 4) is 0 Å². The fourth-order valence-corrected chi connectivity index (χ4v) is 4.25. The minimum absolute atomic E-state index is 0.0194. The smallest absolute Gasteiger partial charge is 0.411 e. The second kappa shape index (κ2) is 6.39. The Hall–Kier alpha value is -0.850. The average Bonchev–Trinajstić information content (AvgIpc) is 3.25. The van der Waals surface area contributed by atoms with Crippen molar-refractivity contribution in [3.63, 3.8) is 0 Å². The molecule has 7 atom stereocenters. The van der Waals surface area contributed by atoms with Gasteiger partial charge in [0.2, 0.25) is 0 Å². The molecular weight excluding hydrogens is 320 g/mol. The van der Waals surface area contributed by atoms with E-state index in [4.69, 9.17) is 9.47 Å². The first-order chi connectivity index (χ1) is 11.5. The van der Waals surface area contributed by atoms with E-state index in [9.17, 15) is 9.90 Å². The third kappa shape index (κ3) is 3.81. The summed E-state index contributed by atoms with van der Waals surface area (Å²) in [5, 5.41) is 10.3. The lowest BCUT2D eigenvalue weighted by Crippen LogP contribution is -2.35. The first-order valence-electron chi connectivity index (χ1n) is 9.63. The number of aliphatic hydroxyl groups excluding tert-OH is 1. The monoisotopic (exact) mass is 354 g/mol. The normalized spacial score (nSPS) is 39.8. The van der Waals surface area contributed by atoms with Crippen LogP contribution in [0.5, 0.6) is 0 Å². The van der Waals surface area contributed by atoms with Gasteiger partial charge in [-0.05, 0) is 45.4 Å². The van der Waals surface area contributed by atoms with Crippen LogP contribution in [0.15, 0.2) is 0 Å². The molecule has 1 amide bonds. The Morgan fingerprint density at radius 3 is 2.16 bits per heavy atom. The average molecular weight is 354 g/mol. The van der Waals surface area contributed by atoms with Crippen LogP contribution in [-0.2, 0) is 9.47 Å². The van der Waals surface area contributed by atoms with Gasteiger partial charge in [0.25, 0.3) is 0 Å². The van der Waals surface area contributed by atoms with Crippen molar-refractivity contribution in [3.05, 3.63) is 0 Å². The van der Waals surface area contributed by atoms with Gasteiger partial charge in [-0.25, -0.2) is 4.79 Å². The standard InChI is InChI=1S/C19H34N2O4/c1-10(2)8-12-14(21(12)18(23)25-19(5,6)7)16-20-13(9-11(3)4)15(20)17(22)24-16/h10-17,22H,8-9H2,1-7H3/t12-,13-,14+,15+,16-,17-,20?,21?/m0/s1. The predicted octanol–water partition coefficient (Wildman–Crippen LogP) is 2.79. The molecule has 0 aromatic heterocycles. The summed E-state index contributed by atoms with van der Waals surface area (Å²) in [7, 11) is 0. The maximum atomic E-state index is 12.6. The molecule has 6 heteroatoms. The van der Waals surface area contributed by atoms with E-state index in [1.54, 1.807) is 0 Å². The van der Waals surface area contributed by atoms with Crippen molar-refractivity contribution >= 4 is 6.09 Å². The van der Waals surface area contributed by atoms with E-state index >= 15 is 0 Å². The number of ether oxygens (including phenoxy) is 2. The van der Waals surface area contributed by atoms with E-state index in [0.29, 0.717) is 17.9 Å². The molecule has 3 aliphatic heterocycles. The van der Waals surface area contributed by atoms with E-state index in [0.717, 1.165) is 12.8 Å². The molecule has 6 nitrogen and oxygen atoms in total. The molecule has 1 unspecified atom stereocenters. The van der Waals surface area contributed by atoms with E-state index < -0.39 is 11.9 Å². The molecule has 3 aliphatic rings. The van der Waals surface area contributed by atoms with E-state index in [1.165, 1.54) is 0 Å². The molecular formula is C19H34N2O4. The molecule has 1 N–H and O–H groups in total. The number of rotatable bonds is 5. The summed E-state index contributed by atoms with van der Waals surface area (Å²) < 4.78 is 11.4. The van der Waals surface area contributed by atoms with Gasteiger partial charge in [-0.3, -0.25) is 9.80 Å². The second-order valence-corrected chi connectivity index (χ2v) is 9.63. The summed E-state index contributed by atoms with van der Waals surface area (Å²) in [6.45, 7) is 14.4. The van der Waals surface area contributed by atoms with Gasteiger partial charge in [-0.15, -0.1) is 0 Å². The molecule has 25 heavy (non-hydrogen) atoms. The van der Waals surface area contributed by atoms with Crippen molar-refractivity contribution in [2.75, 3.05) is 0 Å². The first kappa shape index (κ1) is 18.9. The number of nitrogens with zero attached hydrogens (tertiary/aromatic N) is 2. The summed E-state index contributed by atoms with van der Waals surface area (Å²) in [5.74, 6) is 1.07. The highest BCUT2D eigenvalue weighted by Gasteiger charge is 2.69. The summed E-state index contributed by atoms with van der Waals surface area (Å²) in [4.78, 5) is 16.7.